The van der Waals surface area contributed by atoms with Crippen molar-refractivity contribution in [3.8, 4) is 0 Å². The van der Waals surface area contributed by atoms with E-state index in [1.54, 1.807) is 26.0 Å². The van der Waals surface area contributed by atoms with Crippen LogP contribution >= 0.6 is 0 Å². The molecule has 1 heterocycles. The van der Waals surface area contributed by atoms with Crippen LogP contribution in [0.2, 0.25) is 0 Å². The number of anilines is 1. The predicted molar refractivity (Wildman–Crippen MR) is 117 cm³/mol. The average Bonchev–Trinajstić information content (AvgIpc) is 3.02. The molecule has 154 valence electrons. The molecule has 2 aromatic carbocycles. The maximum atomic E-state index is 12.7. The molecular weight excluding hydrogens is 386 g/mol. The molecule has 1 aromatic heterocycles. The van der Waals surface area contributed by atoms with E-state index in [0.717, 1.165) is 17.4 Å². The van der Waals surface area contributed by atoms with Gasteiger partial charge in [-0.1, -0.05) is 19.9 Å². The number of carbonyl (C=O) groups is 1. The van der Waals surface area contributed by atoms with E-state index < -0.39 is 10.0 Å². The smallest absolute Gasteiger partial charge is 0.255 e. The zero-order valence-corrected chi connectivity index (χ0v) is 18.0. The van der Waals surface area contributed by atoms with Gasteiger partial charge in [0.15, 0.2) is 0 Å². The SMILES string of the molecule is CC(C)Cn1ccc2cc(NC(=O)c3cccc(S(=O)(=O)NC(C)C)c3)ccc21. The first-order valence-corrected chi connectivity index (χ1v) is 11.2. The second-order valence-electron chi connectivity index (χ2n) is 7.89. The summed E-state index contributed by atoms with van der Waals surface area (Å²) in [5.41, 5.74) is 2.07. The van der Waals surface area contributed by atoms with E-state index >= 15 is 0 Å². The number of benzene rings is 2. The third-order valence-electron chi connectivity index (χ3n) is 4.39. The topological polar surface area (TPSA) is 80.2 Å². The number of hydrogen-bond acceptors (Lipinski definition) is 3. The van der Waals surface area contributed by atoms with E-state index in [4.69, 9.17) is 0 Å². The van der Waals surface area contributed by atoms with Gasteiger partial charge in [0.25, 0.3) is 5.91 Å². The third-order valence-corrected chi connectivity index (χ3v) is 6.04. The highest BCUT2D eigenvalue weighted by atomic mass is 32.2. The highest BCUT2D eigenvalue weighted by molar-refractivity contribution is 7.89. The van der Waals surface area contributed by atoms with Crippen molar-refractivity contribution in [2.24, 2.45) is 5.92 Å². The van der Waals surface area contributed by atoms with Crippen LogP contribution in [0.25, 0.3) is 10.9 Å². The summed E-state index contributed by atoms with van der Waals surface area (Å²) in [5.74, 6) is 0.186. The number of amides is 1. The third kappa shape index (κ3) is 5.05. The molecule has 6 nitrogen and oxygen atoms in total. The van der Waals surface area contributed by atoms with Crippen LogP contribution in [0.4, 0.5) is 5.69 Å². The maximum Gasteiger partial charge on any atom is 0.255 e. The number of hydrogen-bond donors (Lipinski definition) is 2. The zero-order chi connectivity index (χ0) is 21.2. The first-order valence-electron chi connectivity index (χ1n) is 9.68. The Balaban J connectivity index is 1.81. The van der Waals surface area contributed by atoms with Crippen LogP contribution in [-0.2, 0) is 16.6 Å². The Morgan fingerprint density at radius 1 is 1.03 bits per heavy atom. The second kappa shape index (κ2) is 8.39. The molecule has 0 aliphatic rings. The van der Waals surface area contributed by atoms with Crippen molar-refractivity contribution in [1.82, 2.24) is 9.29 Å². The predicted octanol–water partition coefficient (Wildman–Crippen LogP) is 4.24. The molecule has 0 radical (unpaired) electrons. The summed E-state index contributed by atoms with van der Waals surface area (Å²) >= 11 is 0. The molecule has 0 saturated heterocycles. The van der Waals surface area contributed by atoms with Crippen molar-refractivity contribution in [2.75, 3.05) is 5.32 Å². The van der Waals surface area contributed by atoms with Gasteiger partial charge in [-0.05, 0) is 62.2 Å². The number of carbonyl (C=O) groups excluding carboxylic acids is 1. The van der Waals surface area contributed by atoms with Gasteiger partial charge in [0, 0.05) is 40.9 Å². The summed E-state index contributed by atoms with van der Waals surface area (Å²) in [5, 5.41) is 3.90. The van der Waals surface area contributed by atoms with Crippen LogP contribution in [0.3, 0.4) is 0 Å². The highest BCUT2D eigenvalue weighted by Crippen LogP contribution is 2.22. The first-order chi connectivity index (χ1) is 13.7. The number of nitrogens with one attached hydrogen (secondary N) is 2. The maximum absolute atomic E-state index is 12.7. The Hall–Kier alpha value is -2.64. The molecule has 1 amide bonds. The van der Waals surface area contributed by atoms with E-state index in [1.165, 1.54) is 12.1 Å². The van der Waals surface area contributed by atoms with E-state index in [2.05, 4.69) is 28.5 Å². The zero-order valence-electron chi connectivity index (χ0n) is 17.1. The highest BCUT2D eigenvalue weighted by Gasteiger charge is 2.17. The summed E-state index contributed by atoms with van der Waals surface area (Å²) in [4.78, 5) is 12.7. The number of fused-ring (bicyclic) bond motifs is 1. The molecule has 0 fully saturated rings. The first kappa shape index (κ1) is 21.1. The standard InChI is InChI=1S/C22H27N3O3S/c1-15(2)14-25-11-10-17-12-19(8-9-21(17)25)23-22(26)18-6-5-7-20(13-18)29(27,28)24-16(3)4/h5-13,15-16,24H,14H2,1-4H3,(H,23,26). The fourth-order valence-corrected chi connectivity index (χ4v) is 4.51. The molecular formula is C22H27N3O3S. The quantitative estimate of drug-likeness (QED) is 0.608. The lowest BCUT2D eigenvalue weighted by Gasteiger charge is -2.11. The van der Waals surface area contributed by atoms with Gasteiger partial charge in [-0.3, -0.25) is 4.79 Å². The summed E-state index contributed by atoms with van der Waals surface area (Å²) in [6.07, 6.45) is 2.05. The fraction of sp³-hybridized carbons (Fsp3) is 0.318. The molecule has 0 bridgehead atoms. The van der Waals surface area contributed by atoms with Gasteiger partial charge < -0.3 is 9.88 Å². The van der Waals surface area contributed by atoms with Crippen molar-refractivity contribution < 1.29 is 13.2 Å². The van der Waals surface area contributed by atoms with Gasteiger partial charge in [-0.15, -0.1) is 0 Å². The molecule has 0 atom stereocenters. The summed E-state index contributed by atoms with van der Waals surface area (Å²) in [6.45, 7) is 8.77. The van der Waals surface area contributed by atoms with E-state index in [0.29, 0.717) is 11.6 Å². The molecule has 3 aromatic rings. The van der Waals surface area contributed by atoms with Crippen molar-refractivity contribution in [2.45, 2.75) is 45.2 Å². The lowest BCUT2D eigenvalue weighted by molar-refractivity contribution is 0.102. The summed E-state index contributed by atoms with van der Waals surface area (Å²) < 4.78 is 29.4. The minimum Gasteiger partial charge on any atom is -0.347 e. The Morgan fingerprint density at radius 3 is 2.48 bits per heavy atom. The largest absolute Gasteiger partial charge is 0.347 e. The molecule has 3 rings (SSSR count). The van der Waals surface area contributed by atoms with Crippen LogP contribution in [0, 0.1) is 5.92 Å². The van der Waals surface area contributed by atoms with Gasteiger partial charge in [-0.25, -0.2) is 13.1 Å². The number of aromatic nitrogens is 1. The van der Waals surface area contributed by atoms with Gasteiger partial charge in [0.2, 0.25) is 10.0 Å². The number of sulfonamides is 1. The molecule has 2 N–H and O–H groups in total. The van der Waals surface area contributed by atoms with Gasteiger partial charge >= 0.3 is 0 Å². The molecule has 0 spiro atoms. The molecule has 0 unspecified atom stereocenters. The van der Waals surface area contributed by atoms with Gasteiger partial charge in [0.1, 0.15) is 0 Å². The van der Waals surface area contributed by atoms with Crippen LogP contribution in [0.15, 0.2) is 59.6 Å². The second-order valence-corrected chi connectivity index (χ2v) is 9.61. The van der Waals surface area contributed by atoms with Gasteiger partial charge in [0.05, 0.1) is 4.90 Å². The molecule has 7 heteroatoms. The average molecular weight is 414 g/mol. The molecule has 29 heavy (non-hydrogen) atoms. The van der Waals surface area contributed by atoms with Crippen molar-refractivity contribution >= 4 is 32.5 Å². The van der Waals surface area contributed by atoms with E-state index in [9.17, 15) is 13.2 Å². The lowest BCUT2D eigenvalue weighted by Crippen LogP contribution is -2.30. The lowest BCUT2D eigenvalue weighted by atomic mass is 10.2. The van der Waals surface area contributed by atoms with Crippen molar-refractivity contribution in [1.29, 1.82) is 0 Å². The Labute approximate surface area is 172 Å². The minimum absolute atomic E-state index is 0.0695. The molecule has 0 saturated carbocycles. The Kier molecular flexibility index (Phi) is 6.10. The number of nitrogens with zero attached hydrogens (tertiary/aromatic N) is 1. The normalized spacial score (nSPS) is 12.1. The van der Waals surface area contributed by atoms with E-state index in [-0.39, 0.29) is 22.4 Å². The van der Waals surface area contributed by atoms with E-state index in [1.807, 2.05) is 30.5 Å². The summed E-state index contributed by atoms with van der Waals surface area (Å²) in [6, 6.07) is 13.6. The van der Waals surface area contributed by atoms with Crippen LogP contribution in [0.5, 0.6) is 0 Å². The molecule has 0 aliphatic carbocycles. The van der Waals surface area contributed by atoms with Crippen LogP contribution in [0.1, 0.15) is 38.1 Å². The monoisotopic (exact) mass is 413 g/mol. The summed E-state index contributed by atoms with van der Waals surface area (Å²) in [7, 11) is -3.66. The minimum atomic E-state index is -3.66. The Bertz CT molecular complexity index is 1130. The van der Waals surface area contributed by atoms with Crippen molar-refractivity contribution in [3.63, 3.8) is 0 Å². The molecule has 0 aliphatic heterocycles. The fourth-order valence-electron chi connectivity index (χ4n) is 3.22. The van der Waals surface area contributed by atoms with Crippen molar-refractivity contribution in [3.05, 3.63) is 60.3 Å². The number of rotatable bonds is 7. The Morgan fingerprint density at radius 2 is 1.79 bits per heavy atom. The van der Waals surface area contributed by atoms with Gasteiger partial charge in [-0.2, -0.15) is 0 Å². The van der Waals surface area contributed by atoms with Crippen LogP contribution < -0.4 is 10.0 Å². The van der Waals surface area contributed by atoms with Crippen LogP contribution in [-0.4, -0.2) is 24.9 Å².